The molecule has 0 saturated heterocycles. The Morgan fingerprint density at radius 1 is 0.714 bits per heavy atom. The molecule has 0 spiro atoms. The summed E-state index contributed by atoms with van der Waals surface area (Å²) in [5.74, 6) is 1.20. The fourth-order valence-electron chi connectivity index (χ4n) is 13.1. The topological polar surface area (TPSA) is 15.7 Å². The predicted molar refractivity (Wildman–Crippen MR) is 231 cm³/mol. The van der Waals surface area contributed by atoms with E-state index in [1.165, 1.54) is 108 Å². The number of nitrogens with zero attached hydrogens (tertiary/aromatic N) is 2. The van der Waals surface area contributed by atoms with Crippen LogP contribution in [0.3, 0.4) is 0 Å². The Kier molecular flexibility index (Phi) is 6.09. The Hall–Kier alpha value is -5.28. The predicted octanol–water partition coefficient (Wildman–Crippen LogP) is 13.1. The lowest BCUT2D eigenvalue weighted by Crippen LogP contribution is -2.65. The quantitative estimate of drug-likeness (QED) is 0.172. The SMILES string of the molecule is CCCCc1ccc2c(c1)C1(C)C=CC(C)C3=C1C1(C)C(=C4c5ccccc5OC43C)C3c4c(cc(C)cc4N21)-c1cccc2c1N3c1ccccc1C2(C)C. The molecule has 0 aromatic heterocycles. The molecule has 5 heterocycles. The van der Waals surface area contributed by atoms with E-state index in [4.69, 9.17) is 4.74 Å². The van der Waals surface area contributed by atoms with Gasteiger partial charge in [-0.15, -0.1) is 0 Å². The van der Waals surface area contributed by atoms with Crippen molar-refractivity contribution in [2.45, 2.75) is 103 Å². The molecule has 0 amide bonds. The molecular formula is C53H50N2O. The Bertz CT molecular complexity index is 2740. The molecule has 0 fully saturated rings. The lowest BCUT2D eigenvalue weighted by atomic mass is 9.49. The average Bonchev–Trinajstić information content (AvgIpc) is 3.49. The Balaban J connectivity index is 1.31. The first-order chi connectivity index (χ1) is 26.9. The van der Waals surface area contributed by atoms with E-state index >= 15 is 0 Å². The minimum Gasteiger partial charge on any atom is -0.478 e. The molecule has 5 aromatic carbocycles. The summed E-state index contributed by atoms with van der Waals surface area (Å²) in [5, 5.41) is 0. The summed E-state index contributed by atoms with van der Waals surface area (Å²) in [4.78, 5) is 5.60. The maximum absolute atomic E-state index is 7.49. The molecule has 12 rings (SSSR count). The molecule has 0 radical (unpaired) electrons. The van der Waals surface area contributed by atoms with Crippen LogP contribution in [0.4, 0.5) is 22.7 Å². The number of ether oxygens (including phenoxy) is 1. The molecule has 5 aromatic rings. The van der Waals surface area contributed by atoms with Gasteiger partial charge in [-0.2, -0.15) is 0 Å². The average molecular weight is 731 g/mol. The van der Waals surface area contributed by atoms with Crippen LogP contribution in [0, 0.1) is 12.8 Å². The lowest BCUT2D eigenvalue weighted by molar-refractivity contribution is 0.183. The van der Waals surface area contributed by atoms with E-state index in [0.717, 1.165) is 12.2 Å². The van der Waals surface area contributed by atoms with Gasteiger partial charge < -0.3 is 14.5 Å². The zero-order valence-corrected chi connectivity index (χ0v) is 34.0. The summed E-state index contributed by atoms with van der Waals surface area (Å²) in [6.45, 7) is 19.4. The van der Waals surface area contributed by atoms with Gasteiger partial charge in [0.05, 0.1) is 17.3 Å². The Labute approximate surface area is 332 Å². The van der Waals surface area contributed by atoms with Crippen molar-refractivity contribution in [1.82, 2.24) is 0 Å². The fourth-order valence-corrected chi connectivity index (χ4v) is 13.1. The highest BCUT2D eigenvalue weighted by molar-refractivity contribution is 6.04. The summed E-state index contributed by atoms with van der Waals surface area (Å²) in [6.07, 6.45) is 8.54. The largest absolute Gasteiger partial charge is 0.478 e. The number of anilines is 4. The van der Waals surface area contributed by atoms with Crippen LogP contribution >= 0.6 is 0 Å². The lowest BCUT2D eigenvalue weighted by Gasteiger charge is -2.66. The minimum absolute atomic E-state index is 0.0540. The number of unbranched alkanes of at least 4 members (excludes halogenated alkanes) is 1. The number of fused-ring (bicyclic) bond motifs is 13. The molecule has 278 valence electrons. The molecule has 0 bridgehead atoms. The second-order valence-corrected chi connectivity index (χ2v) is 18.8. The van der Waals surface area contributed by atoms with Gasteiger partial charge >= 0.3 is 0 Å². The second kappa shape index (κ2) is 10.4. The highest BCUT2D eigenvalue weighted by Gasteiger charge is 2.68. The Morgan fingerprint density at radius 2 is 1.48 bits per heavy atom. The van der Waals surface area contributed by atoms with Crippen LogP contribution < -0.4 is 14.5 Å². The van der Waals surface area contributed by atoms with Gasteiger partial charge in [0.15, 0.2) is 5.60 Å². The normalized spacial score (nSPS) is 28.4. The summed E-state index contributed by atoms with van der Waals surface area (Å²) in [7, 11) is 0. The second-order valence-electron chi connectivity index (χ2n) is 18.8. The molecule has 0 saturated carbocycles. The highest BCUT2D eigenvalue weighted by atomic mass is 16.5. The van der Waals surface area contributed by atoms with E-state index in [2.05, 4.69) is 174 Å². The van der Waals surface area contributed by atoms with E-state index in [1.54, 1.807) is 0 Å². The first-order valence-corrected chi connectivity index (χ1v) is 21.0. The number of rotatable bonds is 3. The van der Waals surface area contributed by atoms with Crippen molar-refractivity contribution in [3.8, 4) is 16.9 Å². The molecule has 0 N–H and O–H groups in total. The van der Waals surface area contributed by atoms with Crippen LogP contribution in [0.25, 0.3) is 16.7 Å². The van der Waals surface area contributed by atoms with Gasteiger partial charge in [-0.3, -0.25) is 0 Å². The van der Waals surface area contributed by atoms with Gasteiger partial charge in [0.2, 0.25) is 0 Å². The van der Waals surface area contributed by atoms with Crippen LogP contribution in [-0.4, -0.2) is 11.1 Å². The maximum Gasteiger partial charge on any atom is 0.154 e. The van der Waals surface area contributed by atoms with Crippen molar-refractivity contribution in [2.24, 2.45) is 5.92 Å². The van der Waals surface area contributed by atoms with Crippen molar-refractivity contribution in [1.29, 1.82) is 0 Å². The number of hydrogen-bond acceptors (Lipinski definition) is 3. The molecule has 7 aliphatic rings. The third kappa shape index (κ3) is 3.55. The zero-order valence-electron chi connectivity index (χ0n) is 34.0. The van der Waals surface area contributed by atoms with Crippen molar-refractivity contribution < 1.29 is 4.74 Å². The van der Waals surface area contributed by atoms with Crippen LogP contribution in [0.15, 0.2) is 126 Å². The van der Waals surface area contributed by atoms with E-state index in [9.17, 15) is 0 Å². The van der Waals surface area contributed by atoms with Crippen LogP contribution in [0.1, 0.15) is 106 Å². The third-order valence-electron chi connectivity index (χ3n) is 15.3. The van der Waals surface area contributed by atoms with Crippen LogP contribution in [0.5, 0.6) is 5.75 Å². The molecule has 56 heavy (non-hydrogen) atoms. The number of hydrogen-bond donors (Lipinski definition) is 0. The van der Waals surface area contributed by atoms with Crippen molar-refractivity contribution in [3.05, 3.63) is 165 Å². The van der Waals surface area contributed by atoms with Crippen molar-refractivity contribution in [3.63, 3.8) is 0 Å². The molecule has 3 nitrogen and oxygen atoms in total. The maximum atomic E-state index is 7.49. The summed E-state index contributed by atoms with van der Waals surface area (Å²) < 4.78 is 7.49. The standard InChI is InChI=1S/C53H50N2O/c1-9-10-16-32-23-24-40-38(29-32)51(6)26-25-31(3)44-49(51)52(7)46(45-34-17-11-14-22-42(34)56-53(44,45)8)48-43-35(27-30(2)28-41(43)55(40)52)33-18-15-20-37-47(33)54(48)39-21-13-12-19-36(39)50(37,4)5/h11-15,17-29,31,48H,9-10,16H2,1-8H3. The summed E-state index contributed by atoms with van der Waals surface area (Å²) in [6, 6.07) is 37.7. The third-order valence-corrected chi connectivity index (χ3v) is 15.3. The Morgan fingerprint density at radius 3 is 2.32 bits per heavy atom. The van der Waals surface area contributed by atoms with Crippen LogP contribution in [-0.2, 0) is 17.3 Å². The van der Waals surface area contributed by atoms with E-state index < -0.39 is 11.1 Å². The fraction of sp³-hybridized carbons (Fsp3) is 0.321. The van der Waals surface area contributed by atoms with Gasteiger partial charge in [0, 0.05) is 50.2 Å². The molecular weight excluding hydrogens is 681 g/mol. The van der Waals surface area contributed by atoms with Crippen molar-refractivity contribution >= 4 is 28.3 Å². The summed E-state index contributed by atoms with van der Waals surface area (Å²) in [5.41, 5.74) is 21.8. The van der Waals surface area contributed by atoms with Gasteiger partial charge in [0.25, 0.3) is 0 Å². The zero-order chi connectivity index (χ0) is 38.3. The molecule has 5 unspecified atom stereocenters. The van der Waals surface area contributed by atoms with Crippen molar-refractivity contribution in [2.75, 3.05) is 9.80 Å². The van der Waals surface area contributed by atoms with E-state index in [1.807, 2.05) is 0 Å². The van der Waals surface area contributed by atoms with E-state index in [0.29, 0.717) is 0 Å². The molecule has 5 aliphatic heterocycles. The molecule has 5 atom stereocenters. The number of aryl methyl sites for hydroxylation is 2. The van der Waals surface area contributed by atoms with E-state index in [-0.39, 0.29) is 22.8 Å². The van der Waals surface area contributed by atoms with Gasteiger partial charge in [0.1, 0.15) is 5.75 Å². The van der Waals surface area contributed by atoms with Gasteiger partial charge in [-0.1, -0.05) is 119 Å². The smallest absolute Gasteiger partial charge is 0.154 e. The first kappa shape index (κ1) is 32.9. The minimum atomic E-state index is -0.640. The number of para-hydroxylation sites is 3. The van der Waals surface area contributed by atoms with Gasteiger partial charge in [-0.25, -0.2) is 0 Å². The highest BCUT2D eigenvalue weighted by Crippen LogP contribution is 2.74. The number of allylic oxidation sites excluding steroid dienone is 2. The van der Waals surface area contributed by atoms with Gasteiger partial charge in [-0.05, 0) is 121 Å². The number of benzene rings is 5. The summed E-state index contributed by atoms with van der Waals surface area (Å²) >= 11 is 0. The monoisotopic (exact) mass is 730 g/mol. The first-order valence-electron chi connectivity index (χ1n) is 21.0. The van der Waals surface area contributed by atoms with Crippen LogP contribution in [0.2, 0.25) is 0 Å². The molecule has 3 heteroatoms. The molecule has 2 aliphatic carbocycles.